The van der Waals surface area contributed by atoms with E-state index < -0.39 is 0 Å². The highest BCUT2D eigenvalue weighted by Gasteiger charge is 2.30. The molecule has 4 rings (SSSR count). The number of morpholine rings is 1. The summed E-state index contributed by atoms with van der Waals surface area (Å²) in [5.74, 6) is 0. The number of aryl methyl sites for hydroxylation is 1. The molecule has 0 spiro atoms. The van der Waals surface area contributed by atoms with Crippen molar-refractivity contribution in [3.05, 3.63) is 45.8 Å². The van der Waals surface area contributed by atoms with Crippen LogP contribution < -0.4 is 5.63 Å². The first-order valence-electron chi connectivity index (χ1n) is 10.1. The van der Waals surface area contributed by atoms with Gasteiger partial charge in [0.15, 0.2) is 0 Å². The van der Waals surface area contributed by atoms with E-state index >= 15 is 0 Å². The first kappa shape index (κ1) is 18.7. The van der Waals surface area contributed by atoms with E-state index in [0.717, 1.165) is 49.2 Å². The van der Waals surface area contributed by atoms with Crippen LogP contribution in [0.2, 0.25) is 0 Å². The van der Waals surface area contributed by atoms with Crippen molar-refractivity contribution in [1.82, 2.24) is 9.80 Å². The minimum absolute atomic E-state index is 0.255. The van der Waals surface area contributed by atoms with E-state index in [1.165, 1.54) is 12.8 Å². The van der Waals surface area contributed by atoms with Crippen LogP contribution in [0.3, 0.4) is 0 Å². The van der Waals surface area contributed by atoms with Gasteiger partial charge in [0.2, 0.25) is 0 Å². The molecule has 2 aliphatic heterocycles. The molecule has 0 aliphatic carbocycles. The Kier molecular flexibility index (Phi) is 5.35. The zero-order valence-electron chi connectivity index (χ0n) is 16.6. The van der Waals surface area contributed by atoms with E-state index in [-0.39, 0.29) is 5.63 Å². The van der Waals surface area contributed by atoms with Gasteiger partial charge in [-0.25, -0.2) is 4.79 Å². The molecule has 27 heavy (non-hydrogen) atoms. The lowest BCUT2D eigenvalue weighted by Gasteiger charge is -2.38. The molecular weight excluding hydrogens is 340 g/mol. The van der Waals surface area contributed by atoms with Gasteiger partial charge in [-0.1, -0.05) is 12.1 Å². The summed E-state index contributed by atoms with van der Waals surface area (Å²) in [5.41, 5.74) is 2.63. The number of rotatable bonds is 4. The van der Waals surface area contributed by atoms with Crippen LogP contribution in [-0.2, 0) is 11.3 Å². The average Bonchev–Trinajstić information content (AvgIpc) is 3.00. The SMILES string of the molecule is Cc1ccc2c(CN3CCCC3CN3CC(C)OC(C)C3)cc(=O)oc2c1. The monoisotopic (exact) mass is 370 g/mol. The summed E-state index contributed by atoms with van der Waals surface area (Å²) in [6.07, 6.45) is 3.04. The van der Waals surface area contributed by atoms with E-state index in [1.54, 1.807) is 6.07 Å². The molecule has 0 bridgehead atoms. The summed E-state index contributed by atoms with van der Waals surface area (Å²) < 4.78 is 11.3. The largest absolute Gasteiger partial charge is 0.423 e. The van der Waals surface area contributed by atoms with Gasteiger partial charge in [0.25, 0.3) is 0 Å². The number of ether oxygens (including phenoxy) is 1. The first-order chi connectivity index (χ1) is 13.0. The van der Waals surface area contributed by atoms with Crippen molar-refractivity contribution in [2.24, 2.45) is 0 Å². The molecule has 0 amide bonds. The molecule has 1 aromatic carbocycles. The maximum atomic E-state index is 12.1. The fraction of sp³-hybridized carbons (Fsp3) is 0.591. The molecule has 3 atom stereocenters. The second-order valence-corrected chi connectivity index (χ2v) is 8.33. The number of hydrogen-bond donors (Lipinski definition) is 0. The Morgan fingerprint density at radius 3 is 2.70 bits per heavy atom. The van der Waals surface area contributed by atoms with Gasteiger partial charge < -0.3 is 9.15 Å². The van der Waals surface area contributed by atoms with Crippen LogP contribution in [0.4, 0.5) is 0 Å². The molecule has 2 fully saturated rings. The Morgan fingerprint density at radius 1 is 1.15 bits per heavy atom. The van der Waals surface area contributed by atoms with Gasteiger partial charge in [0.1, 0.15) is 5.58 Å². The maximum absolute atomic E-state index is 12.1. The minimum Gasteiger partial charge on any atom is -0.423 e. The number of fused-ring (bicyclic) bond motifs is 1. The lowest BCUT2D eigenvalue weighted by Crippen LogP contribution is -2.50. The van der Waals surface area contributed by atoms with E-state index in [4.69, 9.17) is 9.15 Å². The third kappa shape index (κ3) is 4.26. The Bertz CT molecular complexity index is 852. The zero-order chi connectivity index (χ0) is 19.0. The van der Waals surface area contributed by atoms with Crippen molar-refractivity contribution in [3.8, 4) is 0 Å². The lowest BCUT2D eigenvalue weighted by molar-refractivity contribution is -0.0724. The fourth-order valence-corrected chi connectivity index (χ4v) is 4.73. The van der Waals surface area contributed by atoms with Gasteiger partial charge in [-0.2, -0.15) is 0 Å². The molecule has 146 valence electrons. The average molecular weight is 370 g/mol. The topological polar surface area (TPSA) is 45.9 Å². The minimum atomic E-state index is -0.255. The predicted octanol–water partition coefficient (Wildman–Crippen LogP) is 3.18. The molecule has 0 radical (unpaired) electrons. The van der Waals surface area contributed by atoms with Crippen molar-refractivity contribution in [2.75, 3.05) is 26.2 Å². The summed E-state index contributed by atoms with van der Waals surface area (Å²) in [7, 11) is 0. The predicted molar refractivity (Wildman–Crippen MR) is 107 cm³/mol. The summed E-state index contributed by atoms with van der Waals surface area (Å²) >= 11 is 0. The van der Waals surface area contributed by atoms with Gasteiger partial charge >= 0.3 is 5.63 Å². The van der Waals surface area contributed by atoms with E-state index in [9.17, 15) is 4.79 Å². The summed E-state index contributed by atoms with van der Waals surface area (Å²) in [6.45, 7) is 11.3. The molecule has 2 saturated heterocycles. The van der Waals surface area contributed by atoms with Gasteiger partial charge in [0.05, 0.1) is 12.2 Å². The van der Waals surface area contributed by atoms with Crippen LogP contribution in [0.25, 0.3) is 11.0 Å². The zero-order valence-corrected chi connectivity index (χ0v) is 16.6. The Morgan fingerprint density at radius 2 is 1.93 bits per heavy atom. The van der Waals surface area contributed by atoms with E-state index in [0.29, 0.717) is 23.8 Å². The first-order valence-corrected chi connectivity index (χ1v) is 10.1. The molecule has 0 N–H and O–H groups in total. The van der Waals surface area contributed by atoms with Crippen LogP contribution in [-0.4, -0.2) is 54.2 Å². The van der Waals surface area contributed by atoms with Crippen molar-refractivity contribution in [2.45, 2.75) is 58.4 Å². The number of nitrogens with zero attached hydrogens (tertiary/aromatic N) is 2. The van der Waals surface area contributed by atoms with Gasteiger partial charge in [0, 0.05) is 43.7 Å². The third-order valence-electron chi connectivity index (χ3n) is 5.82. The van der Waals surface area contributed by atoms with Gasteiger partial charge in [-0.05, 0) is 57.4 Å². The second-order valence-electron chi connectivity index (χ2n) is 8.33. The lowest BCUT2D eigenvalue weighted by atomic mass is 10.1. The van der Waals surface area contributed by atoms with Crippen molar-refractivity contribution in [3.63, 3.8) is 0 Å². The maximum Gasteiger partial charge on any atom is 0.336 e. The third-order valence-corrected chi connectivity index (χ3v) is 5.82. The number of hydrogen-bond acceptors (Lipinski definition) is 5. The summed E-state index contributed by atoms with van der Waals surface area (Å²) in [5, 5.41) is 1.06. The highest BCUT2D eigenvalue weighted by molar-refractivity contribution is 5.80. The quantitative estimate of drug-likeness (QED) is 0.774. The van der Waals surface area contributed by atoms with E-state index in [2.05, 4.69) is 35.8 Å². The van der Waals surface area contributed by atoms with Crippen LogP contribution in [0, 0.1) is 6.92 Å². The Labute approximate surface area is 160 Å². The van der Waals surface area contributed by atoms with Crippen LogP contribution in [0.1, 0.15) is 37.8 Å². The summed E-state index contributed by atoms with van der Waals surface area (Å²) in [4.78, 5) is 17.1. The smallest absolute Gasteiger partial charge is 0.336 e. The molecule has 5 heteroatoms. The summed E-state index contributed by atoms with van der Waals surface area (Å²) in [6, 6.07) is 8.34. The van der Waals surface area contributed by atoms with Gasteiger partial charge in [-0.3, -0.25) is 9.80 Å². The highest BCUT2D eigenvalue weighted by atomic mass is 16.5. The van der Waals surface area contributed by atoms with Crippen molar-refractivity contribution in [1.29, 1.82) is 0 Å². The number of likely N-dealkylation sites (tertiary alicyclic amines) is 1. The van der Waals surface area contributed by atoms with Gasteiger partial charge in [-0.15, -0.1) is 0 Å². The van der Waals surface area contributed by atoms with Crippen LogP contribution in [0.5, 0.6) is 0 Å². The molecular formula is C22H30N2O3. The highest BCUT2D eigenvalue weighted by Crippen LogP contribution is 2.25. The molecule has 3 heterocycles. The molecule has 3 unspecified atom stereocenters. The molecule has 1 aromatic heterocycles. The molecule has 5 nitrogen and oxygen atoms in total. The van der Waals surface area contributed by atoms with Crippen molar-refractivity contribution >= 4 is 11.0 Å². The van der Waals surface area contributed by atoms with E-state index in [1.807, 2.05) is 13.0 Å². The molecule has 0 saturated carbocycles. The fourth-order valence-electron chi connectivity index (χ4n) is 4.73. The van der Waals surface area contributed by atoms with Crippen molar-refractivity contribution < 1.29 is 9.15 Å². The second kappa shape index (κ2) is 7.74. The normalized spacial score (nSPS) is 27.4. The molecule has 2 aliphatic rings. The Hall–Kier alpha value is -1.69. The van der Waals surface area contributed by atoms with Crippen LogP contribution >= 0.6 is 0 Å². The number of benzene rings is 1. The standard InChI is InChI=1S/C22H30N2O3/c1-15-6-7-20-18(10-22(25)27-21(20)9-15)13-24-8-4-5-19(24)14-23-11-16(2)26-17(3)12-23/h6-7,9-10,16-17,19H,4-5,8,11-14H2,1-3H3. The Balaban J connectivity index is 1.52. The molecule has 2 aromatic rings. The van der Waals surface area contributed by atoms with Crippen LogP contribution in [0.15, 0.2) is 33.5 Å².